The molecule has 0 aromatic heterocycles. The largest absolute Gasteiger partial charge is 0.480 e. The number of carbonyl (C=O) groups excluding carboxylic acids is 3. The van der Waals surface area contributed by atoms with Crippen LogP contribution in [0, 0.1) is 5.92 Å². The van der Waals surface area contributed by atoms with Crippen LogP contribution in [-0.2, 0) is 19.2 Å². The third kappa shape index (κ3) is 10.3. The lowest BCUT2D eigenvalue weighted by Crippen LogP contribution is -2.61. The summed E-state index contributed by atoms with van der Waals surface area (Å²) < 4.78 is 0. The van der Waals surface area contributed by atoms with Gasteiger partial charge in [0.2, 0.25) is 17.7 Å². The van der Waals surface area contributed by atoms with E-state index < -0.39 is 54.0 Å². The van der Waals surface area contributed by atoms with Crippen molar-refractivity contribution in [1.29, 1.82) is 0 Å². The number of nitrogens with one attached hydrogen (secondary N) is 3. The molecular weight excluding hydrogens is 426 g/mol. The van der Waals surface area contributed by atoms with Gasteiger partial charge in [-0.15, -0.1) is 0 Å². The number of aliphatic carboxylic acids is 1. The second-order valence-electron chi connectivity index (χ2n) is 7.57. The number of rotatable bonds is 15. The fourth-order valence-electron chi connectivity index (χ4n) is 2.71. The quantitative estimate of drug-likeness (QED) is 0.104. The molecule has 0 heterocycles. The molecule has 6 atom stereocenters. The topological polar surface area (TPSA) is 197 Å². The maximum Gasteiger partial charge on any atom is 0.326 e. The number of thiol groups is 1. The van der Waals surface area contributed by atoms with Gasteiger partial charge >= 0.3 is 5.97 Å². The Kier molecular flexibility index (Phi) is 14.1. The number of aliphatic hydroxyl groups excluding tert-OH is 1. The van der Waals surface area contributed by atoms with Gasteiger partial charge < -0.3 is 37.6 Å². The summed E-state index contributed by atoms with van der Waals surface area (Å²) >= 11 is 3.92. The van der Waals surface area contributed by atoms with Gasteiger partial charge in [-0.3, -0.25) is 14.4 Å². The summed E-state index contributed by atoms with van der Waals surface area (Å²) in [5, 5.41) is 26.7. The van der Waals surface area contributed by atoms with E-state index >= 15 is 0 Å². The molecule has 0 rings (SSSR count). The van der Waals surface area contributed by atoms with Gasteiger partial charge in [0.25, 0.3) is 0 Å². The van der Waals surface area contributed by atoms with Gasteiger partial charge in [-0.1, -0.05) is 20.3 Å². The molecule has 12 heteroatoms. The first-order chi connectivity index (χ1) is 14.5. The summed E-state index contributed by atoms with van der Waals surface area (Å²) in [5.74, 6) is -3.61. The summed E-state index contributed by atoms with van der Waals surface area (Å²) in [6, 6.07) is -4.51. The SMILES string of the molecule is CCC(C)C(NC(=O)C(NC(=O)C(N)CS)C(C)O)C(=O)NC(CCCCN)C(=O)O. The van der Waals surface area contributed by atoms with Crippen molar-refractivity contribution < 1.29 is 29.4 Å². The van der Waals surface area contributed by atoms with Crippen molar-refractivity contribution in [2.24, 2.45) is 17.4 Å². The van der Waals surface area contributed by atoms with Gasteiger partial charge in [0.1, 0.15) is 18.1 Å². The Morgan fingerprint density at radius 2 is 1.52 bits per heavy atom. The summed E-state index contributed by atoms with van der Waals surface area (Å²) in [7, 11) is 0. The van der Waals surface area contributed by atoms with Crippen LogP contribution in [0.25, 0.3) is 0 Å². The van der Waals surface area contributed by atoms with Crippen LogP contribution in [0.5, 0.6) is 0 Å². The van der Waals surface area contributed by atoms with Crippen LogP contribution in [0.2, 0.25) is 0 Å². The highest BCUT2D eigenvalue weighted by atomic mass is 32.1. The molecule has 0 saturated heterocycles. The highest BCUT2D eigenvalue weighted by molar-refractivity contribution is 7.80. The average Bonchev–Trinajstić information content (AvgIpc) is 2.72. The number of carboxylic acid groups (broad SMARTS) is 1. The molecule has 11 nitrogen and oxygen atoms in total. The molecule has 0 aliphatic heterocycles. The predicted octanol–water partition coefficient (Wildman–Crippen LogP) is -1.66. The third-order valence-corrected chi connectivity index (χ3v) is 5.34. The molecule has 31 heavy (non-hydrogen) atoms. The van der Waals surface area contributed by atoms with E-state index in [1.807, 2.05) is 6.92 Å². The normalized spacial score (nSPS) is 16.9. The van der Waals surface area contributed by atoms with E-state index in [9.17, 15) is 29.4 Å². The molecule has 3 amide bonds. The molecule has 6 unspecified atom stereocenters. The lowest BCUT2D eigenvalue weighted by molar-refractivity contribution is -0.143. The number of aliphatic hydroxyl groups is 1. The zero-order chi connectivity index (χ0) is 24.1. The first kappa shape index (κ1) is 29.1. The van der Waals surface area contributed by atoms with Crippen molar-refractivity contribution in [3.8, 4) is 0 Å². The van der Waals surface area contributed by atoms with Gasteiger partial charge in [-0.05, 0) is 38.6 Å². The highest BCUT2D eigenvalue weighted by Crippen LogP contribution is 2.11. The number of hydrogen-bond donors (Lipinski definition) is 8. The molecule has 0 saturated carbocycles. The molecule has 0 spiro atoms. The molecule has 0 aliphatic carbocycles. The molecular formula is C19H37N5O6S. The van der Waals surface area contributed by atoms with E-state index in [1.54, 1.807) is 6.92 Å². The Labute approximate surface area is 188 Å². The molecule has 0 aromatic rings. The summed E-state index contributed by atoms with van der Waals surface area (Å²) in [5.41, 5.74) is 11.0. The van der Waals surface area contributed by atoms with Crippen molar-refractivity contribution in [3.63, 3.8) is 0 Å². The maximum absolute atomic E-state index is 12.8. The van der Waals surface area contributed by atoms with Crippen LogP contribution in [0.15, 0.2) is 0 Å². The van der Waals surface area contributed by atoms with E-state index in [-0.39, 0.29) is 18.1 Å². The van der Waals surface area contributed by atoms with Crippen LogP contribution < -0.4 is 27.4 Å². The minimum absolute atomic E-state index is 0.0403. The van der Waals surface area contributed by atoms with Crippen molar-refractivity contribution in [3.05, 3.63) is 0 Å². The number of nitrogens with two attached hydrogens (primary N) is 2. The fraction of sp³-hybridized carbons (Fsp3) is 0.789. The monoisotopic (exact) mass is 463 g/mol. The van der Waals surface area contributed by atoms with Crippen molar-refractivity contribution in [1.82, 2.24) is 16.0 Å². The minimum Gasteiger partial charge on any atom is -0.480 e. The van der Waals surface area contributed by atoms with Gasteiger partial charge in [0.05, 0.1) is 12.1 Å². The smallest absolute Gasteiger partial charge is 0.326 e. The first-order valence-corrected chi connectivity index (χ1v) is 11.0. The van der Waals surface area contributed by atoms with Crippen LogP contribution in [0.1, 0.15) is 46.5 Å². The van der Waals surface area contributed by atoms with Gasteiger partial charge in [0, 0.05) is 5.75 Å². The van der Waals surface area contributed by atoms with Crippen LogP contribution in [-0.4, -0.2) is 76.5 Å². The molecule has 0 fully saturated rings. The Bertz CT molecular complexity index is 606. The Hall–Kier alpha value is -1.89. The maximum atomic E-state index is 12.8. The Morgan fingerprint density at radius 1 is 0.968 bits per heavy atom. The lowest BCUT2D eigenvalue weighted by Gasteiger charge is -2.29. The van der Waals surface area contributed by atoms with E-state index in [4.69, 9.17) is 11.5 Å². The number of hydrogen-bond acceptors (Lipinski definition) is 8. The second-order valence-corrected chi connectivity index (χ2v) is 7.94. The first-order valence-electron chi connectivity index (χ1n) is 10.4. The summed E-state index contributed by atoms with van der Waals surface area (Å²) in [4.78, 5) is 49.1. The number of unbranched alkanes of at least 4 members (excludes halogenated alkanes) is 1. The highest BCUT2D eigenvalue weighted by Gasteiger charge is 2.34. The molecule has 0 aromatic carbocycles. The van der Waals surface area contributed by atoms with Crippen molar-refractivity contribution in [2.75, 3.05) is 12.3 Å². The Morgan fingerprint density at radius 3 is 1.97 bits per heavy atom. The molecule has 180 valence electrons. The number of carboxylic acids is 1. The van der Waals surface area contributed by atoms with Crippen molar-refractivity contribution in [2.45, 2.75) is 76.7 Å². The molecule has 0 radical (unpaired) electrons. The lowest BCUT2D eigenvalue weighted by atomic mass is 9.96. The third-order valence-electron chi connectivity index (χ3n) is 4.95. The standard InChI is InChI=1S/C19H37N5O6S/c1-4-10(2)14(17(27)22-13(19(29)30)7-5-6-8-20)23-18(28)15(11(3)25)24-16(26)12(21)9-31/h10-15,25,31H,4-9,20-21H2,1-3H3,(H,22,27)(H,23,28)(H,24,26)(H,29,30). The summed E-state index contributed by atoms with van der Waals surface area (Å²) in [6.45, 7) is 5.26. The average molecular weight is 464 g/mol. The summed E-state index contributed by atoms with van der Waals surface area (Å²) in [6.07, 6.45) is 0.595. The van der Waals surface area contributed by atoms with Gasteiger partial charge in [-0.25, -0.2) is 4.79 Å². The molecule has 0 aliphatic rings. The predicted molar refractivity (Wildman–Crippen MR) is 119 cm³/mol. The van der Waals surface area contributed by atoms with E-state index in [0.717, 1.165) is 0 Å². The van der Waals surface area contributed by atoms with E-state index in [0.29, 0.717) is 25.8 Å². The zero-order valence-corrected chi connectivity index (χ0v) is 19.2. The Balaban J connectivity index is 5.39. The van der Waals surface area contributed by atoms with Crippen molar-refractivity contribution >= 4 is 36.3 Å². The minimum atomic E-state index is -1.35. The second kappa shape index (κ2) is 15.0. The molecule has 9 N–H and O–H groups in total. The van der Waals surface area contributed by atoms with Crippen LogP contribution >= 0.6 is 12.6 Å². The number of amides is 3. The molecule has 0 bridgehead atoms. The van der Waals surface area contributed by atoms with Crippen LogP contribution in [0.4, 0.5) is 0 Å². The van der Waals surface area contributed by atoms with Gasteiger partial charge in [0.15, 0.2) is 0 Å². The zero-order valence-electron chi connectivity index (χ0n) is 18.3. The fourth-order valence-corrected chi connectivity index (χ4v) is 2.87. The van der Waals surface area contributed by atoms with E-state index in [1.165, 1.54) is 6.92 Å². The number of carbonyl (C=O) groups is 4. The van der Waals surface area contributed by atoms with Gasteiger partial charge in [-0.2, -0.15) is 12.6 Å². The van der Waals surface area contributed by atoms with E-state index in [2.05, 4.69) is 28.6 Å². The van der Waals surface area contributed by atoms with Crippen LogP contribution in [0.3, 0.4) is 0 Å².